The van der Waals surface area contributed by atoms with Crippen molar-refractivity contribution in [2.24, 2.45) is 0 Å². The molecule has 0 spiro atoms. The molecule has 0 aliphatic carbocycles. The quantitative estimate of drug-likeness (QED) is 0.483. The van der Waals surface area contributed by atoms with Crippen LogP contribution in [0.3, 0.4) is 0 Å². The number of nitrogens with zero attached hydrogens (tertiary/aromatic N) is 5. The molecule has 0 saturated carbocycles. The van der Waals surface area contributed by atoms with Gasteiger partial charge in [0.2, 0.25) is 10.9 Å². The Morgan fingerprint density at radius 2 is 2.08 bits per heavy atom. The minimum absolute atomic E-state index is 0.125. The molecule has 138 valence electrons. The molecular formula is C15H13ClF3N5OS. The fraction of sp³-hybridized carbons (Fsp3) is 0.333. The molecule has 3 aromatic heterocycles. The molecule has 6 nitrogen and oxygen atoms in total. The molecule has 11 heteroatoms. The van der Waals surface area contributed by atoms with Crippen molar-refractivity contribution in [2.45, 2.75) is 31.2 Å². The third-order valence-electron chi connectivity index (χ3n) is 3.52. The summed E-state index contributed by atoms with van der Waals surface area (Å²) in [7, 11) is 0. The number of pyridine rings is 1. The zero-order chi connectivity index (χ0) is 18.9. The largest absolute Gasteiger partial charge is 0.389 e. The molecule has 0 fully saturated rings. The second kappa shape index (κ2) is 7.28. The van der Waals surface area contributed by atoms with Gasteiger partial charge in [0.1, 0.15) is 5.15 Å². The number of fused-ring (bicyclic) bond motifs is 1. The molecule has 0 atom stereocenters. The van der Waals surface area contributed by atoms with Crippen molar-refractivity contribution in [3.63, 3.8) is 0 Å². The van der Waals surface area contributed by atoms with Crippen molar-refractivity contribution >= 4 is 29.1 Å². The average Bonchev–Trinajstić information content (AvgIpc) is 2.96. The fourth-order valence-electron chi connectivity index (χ4n) is 2.28. The Morgan fingerprint density at radius 1 is 1.31 bits per heavy atom. The van der Waals surface area contributed by atoms with Gasteiger partial charge in [0.15, 0.2) is 0 Å². The summed E-state index contributed by atoms with van der Waals surface area (Å²) < 4.78 is 39.7. The summed E-state index contributed by atoms with van der Waals surface area (Å²) in [5.74, 6) is 0.0498. The maximum atomic E-state index is 12.3. The van der Waals surface area contributed by atoms with Gasteiger partial charge in [0.05, 0.1) is 13.0 Å². The van der Waals surface area contributed by atoms with E-state index in [1.807, 2.05) is 0 Å². The summed E-state index contributed by atoms with van der Waals surface area (Å²) in [4.78, 5) is 20.4. The van der Waals surface area contributed by atoms with E-state index < -0.39 is 18.2 Å². The number of rotatable bonds is 5. The van der Waals surface area contributed by atoms with Crippen molar-refractivity contribution in [1.82, 2.24) is 24.1 Å². The maximum absolute atomic E-state index is 12.3. The van der Waals surface area contributed by atoms with Gasteiger partial charge in [-0.3, -0.25) is 4.79 Å². The minimum atomic E-state index is -4.24. The molecule has 0 aliphatic heterocycles. The normalized spacial score (nSPS) is 12.0. The molecule has 0 amide bonds. The van der Waals surface area contributed by atoms with Crippen LogP contribution in [0.2, 0.25) is 5.15 Å². The predicted octanol–water partition coefficient (Wildman–Crippen LogP) is 3.34. The van der Waals surface area contributed by atoms with Gasteiger partial charge in [-0.05, 0) is 18.6 Å². The lowest BCUT2D eigenvalue weighted by molar-refractivity contribution is -0.129. The van der Waals surface area contributed by atoms with Crippen molar-refractivity contribution < 1.29 is 13.2 Å². The Balaban J connectivity index is 1.92. The summed E-state index contributed by atoms with van der Waals surface area (Å²) in [6.07, 6.45) is -3.59. The Hall–Kier alpha value is -2.07. The Kier molecular flexibility index (Phi) is 5.24. The second-order valence-electron chi connectivity index (χ2n) is 5.52. The van der Waals surface area contributed by atoms with E-state index in [-0.39, 0.29) is 16.7 Å². The van der Waals surface area contributed by atoms with Gasteiger partial charge in [0.25, 0.3) is 5.56 Å². The molecule has 3 rings (SSSR count). The van der Waals surface area contributed by atoms with E-state index in [4.69, 9.17) is 11.6 Å². The first-order valence-corrected chi connectivity index (χ1v) is 8.86. The van der Waals surface area contributed by atoms with Crippen LogP contribution >= 0.6 is 23.4 Å². The lowest BCUT2D eigenvalue weighted by Gasteiger charge is -2.11. The van der Waals surface area contributed by atoms with Crippen LogP contribution in [0.1, 0.15) is 17.7 Å². The number of hydrogen-bond acceptors (Lipinski definition) is 5. The lowest BCUT2D eigenvalue weighted by Crippen LogP contribution is -2.20. The van der Waals surface area contributed by atoms with E-state index in [2.05, 4.69) is 15.1 Å². The smallest absolute Gasteiger partial charge is 0.310 e. The summed E-state index contributed by atoms with van der Waals surface area (Å²) in [5.41, 5.74) is 1.09. The minimum Gasteiger partial charge on any atom is -0.310 e. The summed E-state index contributed by atoms with van der Waals surface area (Å²) in [6.45, 7) is 2.11. The van der Waals surface area contributed by atoms with Crippen molar-refractivity contribution in [2.75, 3.05) is 5.75 Å². The number of aryl methyl sites for hydroxylation is 1. The van der Waals surface area contributed by atoms with Crippen molar-refractivity contribution in [3.05, 3.63) is 51.2 Å². The van der Waals surface area contributed by atoms with Crippen LogP contribution in [0.25, 0.3) is 5.78 Å². The second-order valence-corrected chi connectivity index (χ2v) is 6.97. The van der Waals surface area contributed by atoms with Gasteiger partial charge < -0.3 is 4.57 Å². The zero-order valence-electron chi connectivity index (χ0n) is 13.5. The Morgan fingerprint density at radius 3 is 2.73 bits per heavy atom. The van der Waals surface area contributed by atoms with E-state index in [1.165, 1.54) is 6.07 Å². The third-order valence-corrected chi connectivity index (χ3v) is 4.59. The highest BCUT2D eigenvalue weighted by molar-refractivity contribution is 7.99. The van der Waals surface area contributed by atoms with Gasteiger partial charge in [-0.1, -0.05) is 29.4 Å². The van der Waals surface area contributed by atoms with E-state index in [1.54, 1.807) is 29.8 Å². The third kappa shape index (κ3) is 4.36. The van der Waals surface area contributed by atoms with Gasteiger partial charge in [-0.25, -0.2) is 4.98 Å². The van der Waals surface area contributed by atoms with Crippen LogP contribution in [0.4, 0.5) is 13.2 Å². The molecule has 3 aromatic rings. The molecule has 0 N–H and O–H groups in total. The lowest BCUT2D eigenvalue weighted by atomic mass is 10.3. The standard InChI is InChI=1S/C15H13ClF3N5OS/c1-9-6-12(25)24-14(21-13(22-24)26-5-4-15(17,18)19)23(9)8-10-2-3-11(16)20-7-10/h2-3,6-7H,4-5,8H2,1H3. The first kappa shape index (κ1) is 18.7. The monoisotopic (exact) mass is 403 g/mol. The molecular weight excluding hydrogens is 391 g/mol. The molecule has 0 saturated heterocycles. The van der Waals surface area contributed by atoms with Crippen molar-refractivity contribution in [1.29, 1.82) is 0 Å². The molecule has 0 radical (unpaired) electrons. The van der Waals surface area contributed by atoms with Crippen LogP contribution < -0.4 is 5.56 Å². The van der Waals surface area contributed by atoms with Gasteiger partial charge >= 0.3 is 6.18 Å². The highest BCUT2D eigenvalue weighted by atomic mass is 35.5. The molecule has 0 bridgehead atoms. The Bertz CT molecular complexity index is 984. The number of aromatic nitrogens is 5. The number of thioether (sulfide) groups is 1. The highest BCUT2D eigenvalue weighted by Gasteiger charge is 2.26. The molecule has 3 heterocycles. The SMILES string of the molecule is Cc1cc(=O)n2nc(SCCC(F)(F)F)nc2n1Cc1ccc(Cl)nc1. The van der Waals surface area contributed by atoms with Crippen LogP contribution in [-0.2, 0) is 6.54 Å². The first-order valence-electron chi connectivity index (χ1n) is 7.50. The molecule has 0 unspecified atom stereocenters. The van der Waals surface area contributed by atoms with E-state index in [0.717, 1.165) is 21.8 Å². The fourth-order valence-corrected chi connectivity index (χ4v) is 3.19. The topological polar surface area (TPSA) is 65.1 Å². The average molecular weight is 404 g/mol. The first-order chi connectivity index (χ1) is 12.2. The molecule has 26 heavy (non-hydrogen) atoms. The zero-order valence-corrected chi connectivity index (χ0v) is 15.1. The van der Waals surface area contributed by atoms with E-state index >= 15 is 0 Å². The van der Waals surface area contributed by atoms with Crippen LogP contribution in [-0.4, -0.2) is 36.1 Å². The Labute approximate surface area is 155 Å². The highest BCUT2D eigenvalue weighted by Crippen LogP contribution is 2.24. The predicted molar refractivity (Wildman–Crippen MR) is 91.7 cm³/mol. The van der Waals surface area contributed by atoms with E-state index in [0.29, 0.717) is 17.4 Å². The number of alkyl halides is 3. The molecule has 0 aliphatic rings. The number of hydrogen-bond donors (Lipinski definition) is 0. The maximum Gasteiger partial charge on any atom is 0.389 e. The van der Waals surface area contributed by atoms with Gasteiger partial charge in [-0.15, -0.1) is 5.10 Å². The summed E-state index contributed by atoms with van der Waals surface area (Å²) >= 11 is 6.64. The summed E-state index contributed by atoms with van der Waals surface area (Å²) in [5, 5.41) is 4.51. The van der Waals surface area contributed by atoms with Gasteiger partial charge in [-0.2, -0.15) is 22.7 Å². The van der Waals surface area contributed by atoms with Gasteiger partial charge in [0, 0.05) is 23.7 Å². The van der Waals surface area contributed by atoms with Crippen LogP contribution in [0.5, 0.6) is 0 Å². The molecule has 0 aromatic carbocycles. The summed E-state index contributed by atoms with van der Waals surface area (Å²) in [6, 6.07) is 4.84. The number of halogens is 4. The van der Waals surface area contributed by atoms with Crippen LogP contribution in [0.15, 0.2) is 34.3 Å². The van der Waals surface area contributed by atoms with E-state index in [9.17, 15) is 18.0 Å². The van der Waals surface area contributed by atoms with Crippen molar-refractivity contribution in [3.8, 4) is 0 Å². The van der Waals surface area contributed by atoms with Crippen LogP contribution in [0, 0.1) is 6.92 Å².